The molecular formula is C11H15F3N2. The zero-order chi connectivity index (χ0) is 12.2. The van der Waals surface area contributed by atoms with E-state index in [4.69, 9.17) is 0 Å². The van der Waals surface area contributed by atoms with Gasteiger partial charge in [0.15, 0.2) is 0 Å². The summed E-state index contributed by atoms with van der Waals surface area (Å²) in [6.07, 6.45) is -1.26. The van der Waals surface area contributed by atoms with Crippen LogP contribution in [0.5, 0.6) is 0 Å². The van der Waals surface area contributed by atoms with E-state index in [1.807, 2.05) is 13.8 Å². The van der Waals surface area contributed by atoms with E-state index in [2.05, 4.69) is 10.3 Å². The van der Waals surface area contributed by atoms with Crippen LogP contribution in [0.25, 0.3) is 0 Å². The van der Waals surface area contributed by atoms with Gasteiger partial charge >= 0.3 is 6.18 Å². The molecule has 0 fully saturated rings. The van der Waals surface area contributed by atoms with Gasteiger partial charge in [-0.05, 0) is 24.6 Å². The highest BCUT2D eigenvalue weighted by Crippen LogP contribution is 2.34. The third kappa shape index (κ3) is 2.95. The summed E-state index contributed by atoms with van der Waals surface area (Å²) in [6.45, 7) is 4.34. The second kappa shape index (κ2) is 5.30. The zero-order valence-electron chi connectivity index (χ0n) is 9.30. The monoisotopic (exact) mass is 232 g/mol. The summed E-state index contributed by atoms with van der Waals surface area (Å²) < 4.78 is 38.2. The lowest BCUT2D eigenvalue weighted by Gasteiger charge is -2.20. The summed E-state index contributed by atoms with van der Waals surface area (Å²) in [5.74, 6) is 0. The van der Waals surface area contributed by atoms with Gasteiger partial charge in [-0.1, -0.05) is 13.8 Å². The van der Waals surface area contributed by atoms with E-state index in [0.717, 1.165) is 6.07 Å². The molecule has 90 valence electrons. The normalized spacial score (nSPS) is 13.8. The average molecular weight is 232 g/mol. The summed E-state index contributed by atoms with van der Waals surface area (Å²) in [5.41, 5.74) is -0.380. The number of nitrogens with zero attached hydrogens (tertiary/aromatic N) is 1. The molecule has 1 unspecified atom stereocenters. The third-order valence-electron chi connectivity index (χ3n) is 2.39. The van der Waals surface area contributed by atoms with Crippen LogP contribution in [0.15, 0.2) is 18.5 Å². The van der Waals surface area contributed by atoms with E-state index in [9.17, 15) is 13.2 Å². The third-order valence-corrected chi connectivity index (χ3v) is 2.39. The number of pyridine rings is 1. The van der Waals surface area contributed by atoms with Crippen molar-refractivity contribution < 1.29 is 13.2 Å². The molecular weight excluding hydrogens is 217 g/mol. The smallest absolute Gasteiger partial charge is 0.310 e. The topological polar surface area (TPSA) is 24.9 Å². The molecule has 0 aliphatic heterocycles. The molecule has 0 amide bonds. The van der Waals surface area contributed by atoms with E-state index in [1.165, 1.54) is 12.4 Å². The zero-order valence-corrected chi connectivity index (χ0v) is 9.30. The van der Waals surface area contributed by atoms with Crippen molar-refractivity contribution in [1.29, 1.82) is 0 Å². The maximum atomic E-state index is 12.7. The first-order valence-electron chi connectivity index (χ1n) is 5.25. The van der Waals surface area contributed by atoms with Gasteiger partial charge in [-0.2, -0.15) is 13.2 Å². The van der Waals surface area contributed by atoms with Crippen molar-refractivity contribution in [1.82, 2.24) is 10.3 Å². The molecule has 0 aromatic carbocycles. The Morgan fingerprint density at radius 3 is 2.56 bits per heavy atom. The molecule has 1 N–H and O–H groups in total. The molecule has 0 aliphatic rings. The van der Waals surface area contributed by atoms with Crippen LogP contribution in [-0.2, 0) is 6.18 Å². The van der Waals surface area contributed by atoms with Crippen LogP contribution >= 0.6 is 0 Å². The molecule has 0 saturated heterocycles. The molecule has 5 heteroatoms. The van der Waals surface area contributed by atoms with Gasteiger partial charge in [-0.25, -0.2) is 0 Å². The average Bonchev–Trinajstić information content (AvgIpc) is 2.25. The van der Waals surface area contributed by atoms with Crippen LogP contribution in [0, 0.1) is 0 Å². The number of halogens is 3. The SMILES string of the molecule is CCNC(CC)c1cnccc1C(F)(F)F. The number of hydrogen-bond acceptors (Lipinski definition) is 2. The maximum Gasteiger partial charge on any atom is 0.416 e. The van der Waals surface area contributed by atoms with Crippen LogP contribution in [-0.4, -0.2) is 11.5 Å². The molecule has 16 heavy (non-hydrogen) atoms. The van der Waals surface area contributed by atoms with Gasteiger partial charge in [0.2, 0.25) is 0 Å². The highest BCUT2D eigenvalue weighted by molar-refractivity contribution is 5.29. The van der Waals surface area contributed by atoms with E-state index in [0.29, 0.717) is 13.0 Å². The van der Waals surface area contributed by atoms with Gasteiger partial charge < -0.3 is 5.32 Å². The molecule has 1 atom stereocenters. The summed E-state index contributed by atoms with van der Waals surface area (Å²) in [6, 6.07) is 0.727. The Morgan fingerprint density at radius 1 is 1.38 bits per heavy atom. The Kier molecular flexibility index (Phi) is 4.29. The molecule has 1 heterocycles. The first kappa shape index (κ1) is 13.0. The van der Waals surface area contributed by atoms with Gasteiger partial charge in [0.25, 0.3) is 0 Å². The quantitative estimate of drug-likeness (QED) is 0.862. The van der Waals surface area contributed by atoms with E-state index in [1.54, 1.807) is 0 Å². The molecule has 0 spiro atoms. The van der Waals surface area contributed by atoms with Crippen molar-refractivity contribution in [2.24, 2.45) is 0 Å². The van der Waals surface area contributed by atoms with Crippen molar-refractivity contribution in [3.8, 4) is 0 Å². The van der Waals surface area contributed by atoms with Gasteiger partial charge in [-0.15, -0.1) is 0 Å². The summed E-state index contributed by atoms with van der Waals surface area (Å²) in [5, 5.41) is 3.02. The fourth-order valence-electron chi connectivity index (χ4n) is 1.66. The number of rotatable bonds is 4. The molecule has 0 saturated carbocycles. The van der Waals surface area contributed by atoms with Crippen molar-refractivity contribution in [3.63, 3.8) is 0 Å². The fourth-order valence-corrected chi connectivity index (χ4v) is 1.66. The minimum Gasteiger partial charge on any atom is -0.310 e. The Hall–Kier alpha value is -1.10. The maximum absolute atomic E-state index is 12.7. The summed E-state index contributed by atoms with van der Waals surface area (Å²) in [7, 11) is 0. The van der Waals surface area contributed by atoms with Crippen LogP contribution in [0.4, 0.5) is 13.2 Å². The summed E-state index contributed by atoms with van der Waals surface area (Å²) >= 11 is 0. The molecule has 0 bridgehead atoms. The Labute approximate surface area is 92.9 Å². The fraction of sp³-hybridized carbons (Fsp3) is 0.545. The Bertz CT molecular complexity index is 336. The van der Waals surface area contributed by atoms with Crippen molar-refractivity contribution in [2.45, 2.75) is 32.5 Å². The first-order valence-corrected chi connectivity index (χ1v) is 5.25. The minimum atomic E-state index is -4.32. The lowest BCUT2D eigenvalue weighted by atomic mass is 10.0. The molecule has 1 aromatic rings. The van der Waals surface area contributed by atoms with Gasteiger partial charge in [0, 0.05) is 18.4 Å². The highest BCUT2D eigenvalue weighted by Gasteiger charge is 2.34. The predicted octanol–water partition coefficient (Wildman–Crippen LogP) is 3.16. The lowest BCUT2D eigenvalue weighted by Crippen LogP contribution is -2.23. The van der Waals surface area contributed by atoms with Crippen LogP contribution < -0.4 is 5.32 Å². The first-order chi connectivity index (χ1) is 7.50. The number of hydrogen-bond donors (Lipinski definition) is 1. The highest BCUT2D eigenvalue weighted by atomic mass is 19.4. The molecule has 1 rings (SSSR count). The molecule has 1 aromatic heterocycles. The predicted molar refractivity (Wildman–Crippen MR) is 55.9 cm³/mol. The Balaban J connectivity index is 3.11. The standard InChI is InChI=1S/C11H15F3N2/c1-3-10(16-4-2)8-7-15-6-5-9(8)11(12,13)14/h5-7,10,16H,3-4H2,1-2H3. The minimum absolute atomic E-state index is 0.222. The number of alkyl halides is 3. The largest absolute Gasteiger partial charge is 0.416 e. The van der Waals surface area contributed by atoms with Gasteiger partial charge in [0.1, 0.15) is 0 Å². The van der Waals surface area contributed by atoms with Gasteiger partial charge in [-0.3, -0.25) is 4.98 Å². The second-order valence-corrected chi connectivity index (χ2v) is 3.48. The second-order valence-electron chi connectivity index (χ2n) is 3.48. The number of nitrogens with one attached hydrogen (secondary N) is 1. The Morgan fingerprint density at radius 2 is 2.06 bits per heavy atom. The van der Waals surface area contributed by atoms with E-state index in [-0.39, 0.29) is 11.6 Å². The van der Waals surface area contributed by atoms with Gasteiger partial charge in [0.05, 0.1) is 5.56 Å². The van der Waals surface area contributed by atoms with Crippen molar-refractivity contribution in [3.05, 3.63) is 29.6 Å². The van der Waals surface area contributed by atoms with Crippen molar-refractivity contribution in [2.75, 3.05) is 6.54 Å². The van der Waals surface area contributed by atoms with E-state index < -0.39 is 11.7 Å². The lowest BCUT2D eigenvalue weighted by molar-refractivity contribution is -0.138. The molecule has 2 nitrogen and oxygen atoms in total. The van der Waals surface area contributed by atoms with Crippen molar-refractivity contribution >= 4 is 0 Å². The molecule has 0 aliphatic carbocycles. The summed E-state index contributed by atoms with van der Waals surface area (Å²) in [4.78, 5) is 3.77. The molecule has 0 radical (unpaired) electrons. The van der Waals surface area contributed by atoms with Crippen LogP contribution in [0.1, 0.15) is 37.4 Å². The van der Waals surface area contributed by atoms with Crippen LogP contribution in [0.3, 0.4) is 0 Å². The van der Waals surface area contributed by atoms with Crippen LogP contribution in [0.2, 0.25) is 0 Å². The number of aromatic nitrogens is 1. The van der Waals surface area contributed by atoms with E-state index >= 15 is 0 Å².